The van der Waals surface area contributed by atoms with E-state index in [9.17, 15) is 0 Å². The summed E-state index contributed by atoms with van der Waals surface area (Å²) in [5.41, 5.74) is 8.51. The van der Waals surface area contributed by atoms with E-state index in [4.69, 9.17) is 5.73 Å². The summed E-state index contributed by atoms with van der Waals surface area (Å²) in [6.07, 6.45) is 3.67. The zero-order valence-electron chi connectivity index (χ0n) is 13.0. The molecule has 0 radical (unpaired) electrons. The largest absolute Gasteiger partial charge is 0.328 e. The third-order valence-electron chi connectivity index (χ3n) is 3.55. The van der Waals surface area contributed by atoms with Crippen molar-refractivity contribution in [1.29, 1.82) is 0 Å². The molecule has 0 saturated carbocycles. The number of benzene rings is 1. The van der Waals surface area contributed by atoms with Crippen molar-refractivity contribution >= 4 is 0 Å². The van der Waals surface area contributed by atoms with Crippen LogP contribution in [0.4, 0.5) is 0 Å². The molecule has 108 valence electrons. The third kappa shape index (κ3) is 7.34. The lowest BCUT2D eigenvalue weighted by Crippen LogP contribution is -2.24. The van der Waals surface area contributed by atoms with Crippen LogP contribution in [0, 0.1) is 12.8 Å². The maximum absolute atomic E-state index is 5.78. The number of hydrogen-bond acceptors (Lipinski definition) is 2. The van der Waals surface area contributed by atoms with Crippen molar-refractivity contribution in [3.8, 4) is 0 Å². The zero-order valence-corrected chi connectivity index (χ0v) is 13.0. The van der Waals surface area contributed by atoms with E-state index in [0.29, 0.717) is 6.04 Å². The van der Waals surface area contributed by atoms with E-state index in [1.165, 1.54) is 24.0 Å². The average molecular weight is 262 g/mol. The first-order valence-electron chi connectivity index (χ1n) is 7.47. The molecule has 0 aliphatic heterocycles. The molecule has 0 aliphatic carbocycles. The molecule has 0 fully saturated rings. The van der Waals surface area contributed by atoms with Crippen LogP contribution in [-0.2, 0) is 6.54 Å². The van der Waals surface area contributed by atoms with Crippen LogP contribution in [0.5, 0.6) is 0 Å². The van der Waals surface area contributed by atoms with E-state index in [1.54, 1.807) is 0 Å². The maximum atomic E-state index is 5.78. The Hall–Kier alpha value is -0.860. The Kier molecular flexibility index (Phi) is 7.11. The van der Waals surface area contributed by atoms with E-state index in [-0.39, 0.29) is 0 Å². The van der Waals surface area contributed by atoms with Gasteiger partial charge < -0.3 is 10.6 Å². The molecule has 0 spiro atoms. The molecule has 2 heteroatoms. The Balaban J connectivity index is 2.26. The fraction of sp³-hybridized carbons (Fsp3) is 0.647. The smallest absolute Gasteiger partial charge is 0.0230 e. The molecule has 2 N–H and O–H groups in total. The van der Waals surface area contributed by atoms with Gasteiger partial charge in [0, 0.05) is 19.1 Å². The number of nitrogens with two attached hydrogens (primary N) is 1. The van der Waals surface area contributed by atoms with Crippen LogP contribution >= 0.6 is 0 Å². The Morgan fingerprint density at radius 2 is 1.74 bits per heavy atom. The van der Waals surface area contributed by atoms with Crippen molar-refractivity contribution < 1.29 is 0 Å². The Labute approximate surface area is 119 Å². The Bertz CT molecular complexity index is 343. The highest BCUT2D eigenvalue weighted by Gasteiger charge is 2.07. The summed E-state index contributed by atoms with van der Waals surface area (Å²) in [7, 11) is 2.21. The predicted octanol–water partition coefficient (Wildman–Crippen LogP) is 3.58. The van der Waals surface area contributed by atoms with Crippen LogP contribution in [0.1, 0.15) is 44.2 Å². The molecule has 2 nitrogen and oxygen atoms in total. The lowest BCUT2D eigenvalue weighted by molar-refractivity contribution is 0.267. The second-order valence-electron chi connectivity index (χ2n) is 6.20. The number of rotatable bonds is 8. The van der Waals surface area contributed by atoms with E-state index >= 15 is 0 Å². The Morgan fingerprint density at radius 3 is 2.32 bits per heavy atom. The summed E-state index contributed by atoms with van der Waals surface area (Å²) in [5.74, 6) is 0.745. The number of nitrogens with zero attached hydrogens (tertiary/aromatic N) is 1. The first kappa shape index (κ1) is 16.2. The third-order valence-corrected chi connectivity index (χ3v) is 3.55. The van der Waals surface area contributed by atoms with Crippen molar-refractivity contribution in [2.75, 3.05) is 13.6 Å². The molecule has 0 amide bonds. The minimum absolute atomic E-state index is 0.345. The monoisotopic (exact) mass is 262 g/mol. The minimum atomic E-state index is 0.345. The van der Waals surface area contributed by atoms with Gasteiger partial charge in [-0.25, -0.2) is 0 Å². The molecule has 0 saturated heterocycles. The summed E-state index contributed by atoms with van der Waals surface area (Å²) in [6, 6.07) is 9.18. The fourth-order valence-corrected chi connectivity index (χ4v) is 2.48. The summed E-state index contributed by atoms with van der Waals surface area (Å²) in [5, 5.41) is 0. The molecule has 2 atom stereocenters. The highest BCUT2D eigenvalue weighted by molar-refractivity contribution is 5.21. The van der Waals surface area contributed by atoms with E-state index in [1.807, 2.05) is 0 Å². The summed E-state index contributed by atoms with van der Waals surface area (Å²) < 4.78 is 0. The van der Waals surface area contributed by atoms with Gasteiger partial charge in [-0.3, -0.25) is 0 Å². The standard InChI is InChI=1S/C17H30N2/c1-14-8-10-17(11-9-14)13-19(4)12-15(2)6-5-7-16(3)18/h8-11,15-16H,5-7,12-13,18H2,1-4H3. The molecule has 0 aliphatic rings. The second kappa shape index (κ2) is 8.34. The van der Waals surface area contributed by atoms with Gasteiger partial charge in [0.1, 0.15) is 0 Å². The first-order chi connectivity index (χ1) is 8.97. The molecular formula is C17H30N2. The molecule has 0 heterocycles. The zero-order chi connectivity index (χ0) is 14.3. The fourth-order valence-electron chi connectivity index (χ4n) is 2.48. The van der Waals surface area contributed by atoms with Crippen LogP contribution in [0.15, 0.2) is 24.3 Å². The molecule has 1 aromatic carbocycles. The van der Waals surface area contributed by atoms with E-state index < -0.39 is 0 Å². The van der Waals surface area contributed by atoms with Gasteiger partial charge in [0.05, 0.1) is 0 Å². The quantitative estimate of drug-likeness (QED) is 0.776. The molecule has 19 heavy (non-hydrogen) atoms. The van der Waals surface area contributed by atoms with Crippen LogP contribution in [-0.4, -0.2) is 24.5 Å². The van der Waals surface area contributed by atoms with Crippen LogP contribution in [0.2, 0.25) is 0 Å². The SMILES string of the molecule is Cc1ccc(CN(C)CC(C)CCCC(C)N)cc1. The summed E-state index contributed by atoms with van der Waals surface area (Å²) >= 11 is 0. The van der Waals surface area contributed by atoms with Gasteiger partial charge in [-0.2, -0.15) is 0 Å². The van der Waals surface area contributed by atoms with Gasteiger partial charge in [-0.05, 0) is 45.2 Å². The lowest BCUT2D eigenvalue weighted by Gasteiger charge is -2.21. The molecule has 0 aromatic heterocycles. The van der Waals surface area contributed by atoms with Crippen molar-refractivity contribution in [3.05, 3.63) is 35.4 Å². The van der Waals surface area contributed by atoms with Gasteiger partial charge in [0.25, 0.3) is 0 Å². The highest BCUT2D eigenvalue weighted by atomic mass is 15.1. The van der Waals surface area contributed by atoms with Crippen molar-refractivity contribution in [2.45, 2.75) is 52.6 Å². The van der Waals surface area contributed by atoms with E-state index in [2.05, 4.69) is 57.0 Å². The highest BCUT2D eigenvalue weighted by Crippen LogP contribution is 2.12. The summed E-state index contributed by atoms with van der Waals surface area (Å²) in [4.78, 5) is 2.42. The number of hydrogen-bond donors (Lipinski definition) is 1. The first-order valence-corrected chi connectivity index (χ1v) is 7.47. The molecular weight excluding hydrogens is 232 g/mol. The number of aryl methyl sites for hydroxylation is 1. The minimum Gasteiger partial charge on any atom is -0.328 e. The van der Waals surface area contributed by atoms with Gasteiger partial charge in [0.15, 0.2) is 0 Å². The van der Waals surface area contributed by atoms with Crippen LogP contribution in [0.3, 0.4) is 0 Å². The topological polar surface area (TPSA) is 29.3 Å². The van der Waals surface area contributed by atoms with Crippen molar-refractivity contribution in [2.24, 2.45) is 11.7 Å². The average Bonchev–Trinajstić information content (AvgIpc) is 2.31. The molecule has 2 unspecified atom stereocenters. The Morgan fingerprint density at radius 1 is 1.11 bits per heavy atom. The lowest BCUT2D eigenvalue weighted by atomic mass is 10.0. The molecule has 0 bridgehead atoms. The van der Waals surface area contributed by atoms with E-state index in [0.717, 1.165) is 25.4 Å². The maximum Gasteiger partial charge on any atom is 0.0230 e. The van der Waals surface area contributed by atoms with Gasteiger partial charge in [0.2, 0.25) is 0 Å². The van der Waals surface area contributed by atoms with Gasteiger partial charge in [-0.1, -0.05) is 43.2 Å². The normalized spacial score (nSPS) is 14.6. The van der Waals surface area contributed by atoms with Gasteiger partial charge >= 0.3 is 0 Å². The molecule has 1 rings (SSSR count). The second-order valence-corrected chi connectivity index (χ2v) is 6.20. The summed E-state index contributed by atoms with van der Waals surface area (Å²) in [6.45, 7) is 8.76. The van der Waals surface area contributed by atoms with Crippen LogP contribution in [0.25, 0.3) is 0 Å². The molecule has 1 aromatic rings. The van der Waals surface area contributed by atoms with Crippen molar-refractivity contribution in [3.63, 3.8) is 0 Å². The predicted molar refractivity (Wildman–Crippen MR) is 84.2 cm³/mol. The van der Waals surface area contributed by atoms with Gasteiger partial charge in [-0.15, -0.1) is 0 Å². The van der Waals surface area contributed by atoms with Crippen LogP contribution < -0.4 is 5.73 Å². The van der Waals surface area contributed by atoms with Crippen molar-refractivity contribution in [1.82, 2.24) is 4.90 Å².